The van der Waals surface area contributed by atoms with Crippen molar-refractivity contribution in [3.63, 3.8) is 0 Å². The molecule has 0 aliphatic heterocycles. The van der Waals surface area contributed by atoms with Crippen LogP contribution in [0.3, 0.4) is 0 Å². The average Bonchev–Trinajstić information content (AvgIpc) is 3.31. The number of carbonyl (C=O) groups excluding carboxylic acids is 2. The van der Waals surface area contributed by atoms with Gasteiger partial charge in [-0.2, -0.15) is 0 Å². The maximum Gasteiger partial charge on any atom is 0.306 e. The fourth-order valence-electron chi connectivity index (χ4n) is 7.95. The Morgan fingerprint density at radius 3 is 1.20 bits per heavy atom. The molecule has 0 aromatic rings. The fraction of sp³-hybridized carbons (Fsp3) is 0.733. The quantitative estimate of drug-likeness (QED) is 0.0321. The van der Waals surface area contributed by atoms with Gasteiger partial charge in [-0.3, -0.25) is 9.59 Å². The first-order valence-corrected chi connectivity index (χ1v) is 27.8. The Kier molecular flexibility index (Phi) is 50.6. The van der Waals surface area contributed by atoms with Crippen molar-refractivity contribution in [3.05, 3.63) is 85.1 Å². The Morgan fingerprint density at radius 1 is 0.439 bits per heavy atom. The van der Waals surface area contributed by atoms with Gasteiger partial charge in [0.05, 0.1) is 25.2 Å². The highest BCUT2D eigenvalue weighted by Crippen LogP contribution is 2.17. The summed E-state index contributed by atoms with van der Waals surface area (Å²) in [5.41, 5.74) is 0. The van der Waals surface area contributed by atoms with Crippen LogP contribution in [0.2, 0.25) is 0 Å². The summed E-state index contributed by atoms with van der Waals surface area (Å²) in [5.74, 6) is -0.533. The normalized spacial score (nSPS) is 13.8. The standard InChI is InChI=1S/C60H105NO5/c1-4-7-10-13-16-19-22-24-26-28-29-31-33-35-38-41-44-47-50-53-60(65)66-56(51-48-45-42-39-37-34-32-30-27-25-23-20-17-14-11-8-5-2)54-59(64)61-57(55-62)58(63)52-49-46-43-40-36-21-18-15-12-9-6-3/h16-17,19-20,24-27,29,31-32,34-35,38,56-58,62-63H,4-15,18,21-23,28,30,33,36-37,39-55H2,1-3H3,(H,61,64)/b19-16-,20-17-,26-24-,27-25-,31-29-,34-32-,38-35-. The first kappa shape index (κ1) is 63.0. The van der Waals surface area contributed by atoms with E-state index in [2.05, 4.69) is 111 Å². The van der Waals surface area contributed by atoms with E-state index in [1.54, 1.807) is 0 Å². The van der Waals surface area contributed by atoms with Crippen LogP contribution in [-0.2, 0) is 14.3 Å². The molecule has 3 N–H and O–H groups in total. The molecule has 0 heterocycles. The largest absolute Gasteiger partial charge is 0.462 e. The molecule has 0 rings (SSSR count). The summed E-state index contributed by atoms with van der Waals surface area (Å²) in [5, 5.41) is 23.8. The Hall–Kier alpha value is -2.96. The SMILES string of the molecule is CCCCC/C=C\C/C=C\C/C=C\C/C=C\CCCCCC(=O)OC(CCCCCC/C=C\C/C=C\C/C=C\CCCCC)CC(=O)NC(CO)C(O)CCCCCCCCCCCCC. The van der Waals surface area contributed by atoms with Crippen molar-refractivity contribution in [1.82, 2.24) is 5.32 Å². The highest BCUT2D eigenvalue weighted by atomic mass is 16.5. The van der Waals surface area contributed by atoms with Gasteiger partial charge in [0.1, 0.15) is 6.10 Å². The minimum atomic E-state index is -0.804. The van der Waals surface area contributed by atoms with Gasteiger partial charge in [0.25, 0.3) is 0 Å². The van der Waals surface area contributed by atoms with E-state index in [4.69, 9.17) is 4.74 Å². The molecule has 6 heteroatoms. The predicted octanol–water partition coefficient (Wildman–Crippen LogP) is 17.1. The summed E-state index contributed by atoms with van der Waals surface area (Å²) in [6.45, 7) is 6.41. The number of rotatable bonds is 49. The van der Waals surface area contributed by atoms with E-state index in [-0.39, 0.29) is 24.9 Å². The molecular weight excluding hydrogens is 815 g/mol. The first-order valence-electron chi connectivity index (χ1n) is 27.8. The second kappa shape index (κ2) is 53.0. The van der Waals surface area contributed by atoms with Crippen molar-refractivity contribution in [2.45, 2.75) is 277 Å². The Labute approximate surface area is 408 Å². The average molecular weight is 921 g/mol. The van der Waals surface area contributed by atoms with Crippen LogP contribution in [0.15, 0.2) is 85.1 Å². The fourth-order valence-corrected chi connectivity index (χ4v) is 7.95. The molecule has 0 aliphatic carbocycles. The molecule has 0 radical (unpaired) electrons. The van der Waals surface area contributed by atoms with Crippen LogP contribution < -0.4 is 5.32 Å². The minimum Gasteiger partial charge on any atom is -0.462 e. The smallest absolute Gasteiger partial charge is 0.306 e. The lowest BCUT2D eigenvalue weighted by Gasteiger charge is -2.24. The van der Waals surface area contributed by atoms with Gasteiger partial charge >= 0.3 is 5.97 Å². The number of esters is 1. The van der Waals surface area contributed by atoms with Crippen molar-refractivity contribution in [2.75, 3.05) is 6.61 Å². The summed E-state index contributed by atoms with van der Waals surface area (Å²) in [4.78, 5) is 26.2. The van der Waals surface area contributed by atoms with E-state index in [0.717, 1.165) is 109 Å². The van der Waals surface area contributed by atoms with E-state index in [0.29, 0.717) is 19.3 Å². The lowest BCUT2D eigenvalue weighted by molar-refractivity contribution is -0.151. The molecule has 3 unspecified atom stereocenters. The van der Waals surface area contributed by atoms with E-state index in [1.165, 1.54) is 103 Å². The van der Waals surface area contributed by atoms with Crippen LogP contribution in [0.5, 0.6) is 0 Å². The molecule has 0 aromatic heterocycles. The third-order valence-electron chi connectivity index (χ3n) is 12.2. The number of hydrogen-bond acceptors (Lipinski definition) is 5. The molecule has 0 saturated carbocycles. The van der Waals surface area contributed by atoms with Gasteiger partial charge in [0, 0.05) is 6.42 Å². The van der Waals surface area contributed by atoms with Gasteiger partial charge in [0.2, 0.25) is 5.91 Å². The number of hydrogen-bond donors (Lipinski definition) is 3. The third kappa shape index (κ3) is 47.5. The topological polar surface area (TPSA) is 95.9 Å². The Bertz CT molecular complexity index is 1260. The molecule has 0 bridgehead atoms. The number of aliphatic hydroxyl groups excluding tert-OH is 2. The van der Waals surface area contributed by atoms with Crippen LogP contribution >= 0.6 is 0 Å². The van der Waals surface area contributed by atoms with Crippen LogP contribution in [0.4, 0.5) is 0 Å². The summed E-state index contributed by atoms with van der Waals surface area (Å²) >= 11 is 0. The van der Waals surface area contributed by atoms with Crippen LogP contribution in [0.25, 0.3) is 0 Å². The summed E-state index contributed by atoms with van der Waals surface area (Å²) in [7, 11) is 0. The summed E-state index contributed by atoms with van der Waals surface area (Å²) in [6.07, 6.45) is 69.2. The van der Waals surface area contributed by atoms with Gasteiger partial charge < -0.3 is 20.3 Å². The third-order valence-corrected chi connectivity index (χ3v) is 12.2. The maximum absolute atomic E-state index is 13.2. The van der Waals surface area contributed by atoms with Crippen LogP contribution in [0, 0.1) is 0 Å². The van der Waals surface area contributed by atoms with Gasteiger partial charge in [0.15, 0.2) is 0 Å². The molecule has 3 atom stereocenters. The van der Waals surface area contributed by atoms with Crippen LogP contribution in [0.1, 0.15) is 258 Å². The Morgan fingerprint density at radius 2 is 0.773 bits per heavy atom. The van der Waals surface area contributed by atoms with Gasteiger partial charge in [-0.15, -0.1) is 0 Å². The summed E-state index contributed by atoms with van der Waals surface area (Å²) < 4.78 is 5.93. The highest BCUT2D eigenvalue weighted by Gasteiger charge is 2.24. The van der Waals surface area contributed by atoms with E-state index < -0.39 is 18.2 Å². The molecule has 0 fully saturated rings. The van der Waals surface area contributed by atoms with Crippen molar-refractivity contribution >= 4 is 11.9 Å². The molecule has 0 saturated heterocycles. The number of unbranched alkanes of at least 4 members (excludes halogenated alkanes) is 23. The second-order valence-corrected chi connectivity index (χ2v) is 18.6. The number of ether oxygens (including phenoxy) is 1. The van der Waals surface area contributed by atoms with Crippen molar-refractivity contribution < 1.29 is 24.5 Å². The van der Waals surface area contributed by atoms with Crippen molar-refractivity contribution in [3.8, 4) is 0 Å². The number of carbonyl (C=O) groups is 2. The summed E-state index contributed by atoms with van der Waals surface area (Å²) in [6, 6.07) is -0.720. The molecule has 6 nitrogen and oxygen atoms in total. The molecule has 0 aliphatic rings. The van der Waals surface area contributed by atoms with Gasteiger partial charge in [-0.05, 0) is 109 Å². The highest BCUT2D eigenvalue weighted by molar-refractivity contribution is 5.77. The van der Waals surface area contributed by atoms with Gasteiger partial charge in [-0.25, -0.2) is 0 Å². The predicted molar refractivity (Wildman–Crippen MR) is 287 cm³/mol. The zero-order valence-electron chi connectivity index (χ0n) is 43.3. The number of amides is 1. The molecular formula is C60H105NO5. The monoisotopic (exact) mass is 920 g/mol. The molecule has 380 valence electrons. The van der Waals surface area contributed by atoms with E-state index in [1.807, 2.05) is 0 Å². The molecule has 66 heavy (non-hydrogen) atoms. The lowest BCUT2D eigenvalue weighted by Crippen LogP contribution is -2.46. The van der Waals surface area contributed by atoms with Crippen molar-refractivity contribution in [1.29, 1.82) is 0 Å². The number of nitrogens with one attached hydrogen (secondary N) is 1. The first-order chi connectivity index (χ1) is 32.5. The number of allylic oxidation sites excluding steroid dienone is 14. The van der Waals surface area contributed by atoms with Crippen molar-refractivity contribution in [2.24, 2.45) is 0 Å². The minimum absolute atomic E-state index is 0.0460. The van der Waals surface area contributed by atoms with Crippen LogP contribution in [-0.4, -0.2) is 46.9 Å². The zero-order chi connectivity index (χ0) is 48.1. The lowest BCUT2D eigenvalue weighted by atomic mass is 10.0. The molecule has 0 spiro atoms. The van der Waals surface area contributed by atoms with E-state index in [9.17, 15) is 19.8 Å². The second-order valence-electron chi connectivity index (χ2n) is 18.6. The molecule has 1 amide bonds. The molecule has 0 aromatic carbocycles. The maximum atomic E-state index is 13.2. The van der Waals surface area contributed by atoms with Gasteiger partial charge in [-0.1, -0.05) is 221 Å². The Balaban J connectivity index is 4.70. The van der Waals surface area contributed by atoms with E-state index >= 15 is 0 Å². The number of aliphatic hydroxyl groups is 2. The zero-order valence-corrected chi connectivity index (χ0v) is 43.3.